The van der Waals surface area contributed by atoms with E-state index in [0.717, 1.165) is 24.9 Å². The minimum atomic E-state index is 0.0314. The summed E-state index contributed by atoms with van der Waals surface area (Å²) in [6, 6.07) is 6.22. The molecule has 3 heteroatoms. The molecule has 0 amide bonds. The van der Waals surface area contributed by atoms with E-state index in [1.165, 1.54) is 11.1 Å². The summed E-state index contributed by atoms with van der Waals surface area (Å²) < 4.78 is 0. The number of carbonyl (C=O) groups excluding carboxylic acids is 1. The number of hydrogen-bond donors (Lipinski definition) is 2. The predicted octanol–water partition coefficient (Wildman–Crippen LogP) is 4.96. The summed E-state index contributed by atoms with van der Waals surface area (Å²) in [7, 11) is 0. The Balaban J connectivity index is 2.48. The molecule has 1 atom stereocenters. The van der Waals surface area contributed by atoms with E-state index in [1.807, 2.05) is 18.2 Å². The summed E-state index contributed by atoms with van der Waals surface area (Å²) in [5.41, 5.74) is 4.26. The van der Waals surface area contributed by atoms with Crippen molar-refractivity contribution >= 4 is 17.6 Å². The standard InChI is InChI=1S/C22H34N2O/c1-7-22(5,6)21(18(4)25)13-14-24-15-20(23)12-11-19-10-8-9-16(2)17(19)3/h8-12,21,23-24H,7,13-15H2,1-6H3/b12-11-,23-20?/t21-/m1/s1. The van der Waals surface area contributed by atoms with E-state index in [4.69, 9.17) is 5.41 Å². The van der Waals surface area contributed by atoms with Gasteiger partial charge in [-0.1, -0.05) is 51.5 Å². The van der Waals surface area contributed by atoms with Crippen LogP contribution < -0.4 is 5.32 Å². The van der Waals surface area contributed by atoms with Crippen molar-refractivity contribution in [1.29, 1.82) is 5.41 Å². The zero-order valence-electron chi connectivity index (χ0n) is 16.7. The first kappa shape index (κ1) is 21.3. The monoisotopic (exact) mass is 342 g/mol. The fraction of sp³-hybridized carbons (Fsp3) is 0.545. The Morgan fingerprint density at radius 1 is 1.32 bits per heavy atom. The van der Waals surface area contributed by atoms with Crippen LogP contribution in [0, 0.1) is 30.6 Å². The lowest BCUT2D eigenvalue weighted by molar-refractivity contribution is -0.124. The lowest BCUT2D eigenvalue weighted by atomic mass is 9.73. The van der Waals surface area contributed by atoms with E-state index in [-0.39, 0.29) is 17.1 Å². The van der Waals surface area contributed by atoms with Crippen LogP contribution in [0.1, 0.15) is 57.2 Å². The third kappa shape index (κ3) is 6.58. The molecule has 0 aliphatic carbocycles. The van der Waals surface area contributed by atoms with Gasteiger partial charge in [0.05, 0.1) is 0 Å². The van der Waals surface area contributed by atoms with Gasteiger partial charge < -0.3 is 10.7 Å². The molecule has 1 aromatic rings. The number of rotatable bonds is 10. The number of Topliss-reactive ketones (excluding diaryl/α,β-unsaturated/α-hetero) is 1. The van der Waals surface area contributed by atoms with Gasteiger partial charge in [-0.3, -0.25) is 4.79 Å². The van der Waals surface area contributed by atoms with Crippen LogP contribution in [-0.2, 0) is 4.79 Å². The Bertz CT molecular complexity index is 629. The smallest absolute Gasteiger partial charge is 0.133 e. The summed E-state index contributed by atoms with van der Waals surface area (Å²) in [5, 5.41) is 11.4. The number of hydrogen-bond acceptors (Lipinski definition) is 3. The van der Waals surface area contributed by atoms with Gasteiger partial charge in [-0.2, -0.15) is 0 Å². The number of ketones is 1. The first-order valence-electron chi connectivity index (χ1n) is 9.22. The van der Waals surface area contributed by atoms with Crippen molar-refractivity contribution in [3.8, 4) is 0 Å². The average molecular weight is 343 g/mol. The van der Waals surface area contributed by atoms with Gasteiger partial charge in [-0.15, -0.1) is 0 Å². The predicted molar refractivity (Wildman–Crippen MR) is 108 cm³/mol. The highest BCUT2D eigenvalue weighted by atomic mass is 16.1. The summed E-state index contributed by atoms with van der Waals surface area (Å²) in [6.07, 6.45) is 5.67. The number of aryl methyl sites for hydroxylation is 1. The number of benzene rings is 1. The molecular formula is C22H34N2O. The highest BCUT2D eigenvalue weighted by Gasteiger charge is 2.30. The highest BCUT2D eigenvalue weighted by molar-refractivity contribution is 5.97. The fourth-order valence-electron chi connectivity index (χ4n) is 3.06. The third-order valence-electron chi connectivity index (χ3n) is 5.38. The van der Waals surface area contributed by atoms with E-state index in [1.54, 1.807) is 6.92 Å². The van der Waals surface area contributed by atoms with Gasteiger partial charge in [0.1, 0.15) is 5.78 Å². The normalized spacial score (nSPS) is 13.2. The van der Waals surface area contributed by atoms with Crippen LogP contribution in [-0.4, -0.2) is 24.6 Å². The molecule has 0 radical (unpaired) electrons. The van der Waals surface area contributed by atoms with Crippen molar-refractivity contribution in [1.82, 2.24) is 5.32 Å². The first-order valence-corrected chi connectivity index (χ1v) is 9.22. The lowest BCUT2D eigenvalue weighted by Crippen LogP contribution is -2.33. The quantitative estimate of drug-likeness (QED) is 0.466. The van der Waals surface area contributed by atoms with Crippen LogP contribution in [0.3, 0.4) is 0 Å². The number of carbonyl (C=O) groups is 1. The van der Waals surface area contributed by atoms with Crippen LogP contribution in [0.15, 0.2) is 24.3 Å². The molecule has 0 aromatic heterocycles. The van der Waals surface area contributed by atoms with Crippen molar-refractivity contribution in [2.24, 2.45) is 11.3 Å². The minimum Gasteiger partial charge on any atom is -0.311 e. The molecule has 1 rings (SSSR count). The zero-order chi connectivity index (χ0) is 19.0. The minimum absolute atomic E-state index is 0.0314. The molecule has 25 heavy (non-hydrogen) atoms. The Morgan fingerprint density at radius 2 is 2.00 bits per heavy atom. The molecule has 1 aromatic carbocycles. The van der Waals surface area contributed by atoms with Crippen molar-refractivity contribution in [2.75, 3.05) is 13.1 Å². The second kappa shape index (κ2) is 9.67. The van der Waals surface area contributed by atoms with Gasteiger partial charge in [-0.25, -0.2) is 0 Å². The molecule has 3 nitrogen and oxygen atoms in total. The second-order valence-electron chi connectivity index (χ2n) is 7.62. The van der Waals surface area contributed by atoms with Crippen LogP contribution in [0.25, 0.3) is 6.08 Å². The fourth-order valence-corrected chi connectivity index (χ4v) is 3.06. The molecule has 138 valence electrons. The van der Waals surface area contributed by atoms with Gasteiger partial charge in [0.25, 0.3) is 0 Å². The third-order valence-corrected chi connectivity index (χ3v) is 5.38. The molecule has 0 aliphatic rings. The van der Waals surface area contributed by atoms with Gasteiger partial charge in [-0.05, 0) is 61.9 Å². The Labute approximate surface area is 153 Å². The summed E-state index contributed by atoms with van der Waals surface area (Å²) in [6.45, 7) is 13.6. The largest absolute Gasteiger partial charge is 0.311 e. The maximum Gasteiger partial charge on any atom is 0.133 e. The molecule has 0 heterocycles. The highest BCUT2D eigenvalue weighted by Crippen LogP contribution is 2.33. The van der Waals surface area contributed by atoms with Crippen molar-refractivity contribution in [3.63, 3.8) is 0 Å². The van der Waals surface area contributed by atoms with E-state index in [9.17, 15) is 4.79 Å². The van der Waals surface area contributed by atoms with Crippen LogP contribution in [0.5, 0.6) is 0 Å². The van der Waals surface area contributed by atoms with Gasteiger partial charge >= 0.3 is 0 Å². The molecule has 0 fully saturated rings. The molecule has 0 spiro atoms. The molecular weight excluding hydrogens is 308 g/mol. The Morgan fingerprint density at radius 3 is 2.60 bits per heavy atom. The van der Waals surface area contributed by atoms with E-state index < -0.39 is 0 Å². The Kier molecular flexibility index (Phi) is 8.24. The molecule has 0 saturated carbocycles. The van der Waals surface area contributed by atoms with E-state index in [2.05, 4.69) is 52.1 Å². The Hall–Kier alpha value is -1.74. The molecule has 0 aliphatic heterocycles. The van der Waals surface area contributed by atoms with Gasteiger partial charge in [0.15, 0.2) is 0 Å². The average Bonchev–Trinajstić information content (AvgIpc) is 2.55. The van der Waals surface area contributed by atoms with Crippen molar-refractivity contribution < 1.29 is 4.79 Å². The SMILES string of the molecule is CCC(C)(C)[C@H](CCNCC(=N)/C=C\c1cccc(C)c1C)C(C)=O. The van der Waals surface area contributed by atoms with E-state index >= 15 is 0 Å². The summed E-state index contributed by atoms with van der Waals surface area (Å²) in [4.78, 5) is 11.9. The van der Waals surface area contributed by atoms with Gasteiger partial charge in [0, 0.05) is 18.2 Å². The molecule has 0 unspecified atom stereocenters. The van der Waals surface area contributed by atoms with Crippen LogP contribution in [0.2, 0.25) is 0 Å². The van der Waals surface area contributed by atoms with Gasteiger partial charge in [0.2, 0.25) is 0 Å². The number of nitrogens with one attached hydrogen (secondary N) is 2. The molecule has 0 bridgehead atoms. The lowest BCUT2D eigenvalue weighted by Gasteiger charge is -2.31. The summed E-state index contributed by atoms with van der Waals surface area (Å²) >= 11 is 0. The van der Waals surface area contributed by atoms with Crippen LogP contribution in [0.4, 0.5) is 0 Å². The zero-order valence-corrected chi connectivity index (χ0v) is 16.7. The van der Waals surface area contributed by atoms with Crippen molar-refractivity contribution in [2.45, 2.75) is 54.4 Å². The van der Waals surface area contributed by atoms with E-state index in [0.29, 0.717) is 12.3 Å². The van der Waals surface area contributed by atoms with Crippen LogP contribution >= 0.6 is 0 Å². The maximum atomic E-state index is 11.9. The first-order chi connectivity index (χ1) is 11.7. The maximum absolute atomic E-state index is 11.9. The van der Waals surface area contributed by atoms with Crippen molar-refractivity contribution in [3.05, 3.63) is 41.0 Å². The molecule has 2 N–H and O–H groups in total. The molecule has 0 saturated heterocycles. The topological polar surface area (TPSA) is 53.0 Å². The second-order valence-corrected chi connectivity index (χ2v) is 7.62. The summed E-state index contributed by atoms with van der Waals surface area (Å²) in [5.74, 6) is 0.336.